The van der Waals surface area contributed by atoms with Crippen molar-refractivity contribution in [3.63, 3.8) is 0 Å². The van der Waals surface area contributed by atoms with E-state index >= 15 is 0 Å². The fourth-order valence-electron chi connectivity index (χ4n) is 3.55. The minimum Gasteiger partial charge on any atom is -0.207 e. The van der Waals surface area contributed by atoms with E-state index in [0.717, 1.165) is 12.8 Å². The molecule has 3 rings (SSSR count). The third-order valence-corrected chi connectivity index (χ3v) is 6.82. The summed E-state index contributed by atoms with van der Waals surface area (Å²) in [4.78, 5) is 0.249. The first-order valence-electron chi connectivity index (χ1n) is 8.50. The van der Waals surface area contributed by atoms with Gasteiger partial charge in [0, 0.05) is 0 Å². The van der Waals surface area contributed by atoms with Gasteiger partial charge in [-0.3, -0.25) is 0 Å². The molecule has 0 unspecified atom stereocenters. The smallest absolute Gasteiger partial charge is 0.207 e. The SMILES string of the molecule is C[C@@](C#N)(NS(=O)(=O)c1ccc(C2CCCCC2)cc1)C1CC1. The maximum Gasteiger partial charge on any atom is 0.241 e. The maximum absolute atomic E-state index is 12.6. The topological polar surface area (TPSA) is 70.0 Å². The van der Waals surface area contributed by atoms with Crippen molar-refractivity contribution >= 4 is 10.0 Å². The standard InChI is InChI=1S/C18H24N2O2S/c1-18(13-19,16-9-10-16)20-23(21,22)17-11-7-15(8-12-17)14-5-3-2-4-6-14/h7-8,11-12,14,16,20H,2-6,9-10H2,1H3/t18-/m0/s1. The average Bonchev–Trinajstić information content (AvgIpc) is 3.41. The molecule has 0 amide bonds. The Labute approximate surface area is 139 Å². The van der Waals surface area contributed by atoms with Gasteiger partial charge < -0.3 is 0 Å². The van der Waals surface area contributed by atoms with Gasteiger partial charge in [0.2, 0.25) is 10.0 Å². The molecule has 2 fully saturated rings. The number of benzene rings is 1. The van der Waals surface area contributed by atoms with Crippen LogP contribution < -0.4 is 4.72 Å². The van der Waals surface area contributed by atoms with Gasteiger partial charge in [-0.15, -0.1) is 0 Å². The van der Waals surface area contributed by atoms with E-state index in [2.05, 4.69) is 10.8 Å². The van der Waals surface area contributed by atoms with E-state index in [4.69, 9.17) is 0 Å². The van der Waals surface area contributed by atoms with Gasteiger partial charge in [0.1, 0.15) is 5.54 Å². The highest BCUT2D eigenvalue weighted by molar-refractivity contribution is 7.89. The summed E-state index contributed by atoms with van der Waals surface area (Å²) in [6.45, 7) is 1.68. The molecule has 1 atom stereocenters. The van der Waals surface area contributed by atoms with Crippen LogP contribution in [0.1, 0.15) is 63.4 Å². The first kappa shape index (κ1) is 16.5. The quantitative estimate of drug-likeness (QED) is 0.893. The lowest BCUT2D eigenvalue weighted by Crippen LogP contribution is -2.46. The molecule has 4 nitrogen and oxygen atoms in total. The van der Waals surface area contributed by atoms with Gasteiger partial charge in [0.05, 0.1) is 11.0 Å². The number of sulfonamides is 1. The van der Waals surface area contributed by atoms with E-state index in [9.17, 15) is 13.7 Å². The molecule has 1 N–H and O–H groups in total. The Kier molecular flexibility index (Phi) is 4.48. The molecule has 0 spiro atoms. The number of hydrogen-bond acceptors (Lipinski definition) is 3. The predicted octanol–water partition coefficient (Wildman–Crippen LogP) is 3.70. The van der Waals surface area contributed by atoms with Crippen LogP contribution in [0.4, 0.5) is 0 Å². The van der Waals surface area contributed by atoms with Crippen LogP contribution >= 0.6 is 0 Å². The van der Waals surface area contributed by atoms with Gasteiger partial charge in [-0.2, -0.15) is 9.98 Å². The molecule has 5 heteroatoms. The molecule has 0 radical (unpaired) electrons. The van der Waals surface area contributed by atoms with Crippen LogP contribution in [0.5, 0.6) is 0 Å². The van der Waals surface area contributed by atoms with Crippen molar-refractivity contribution in [2.45, 2.75) is 68.2 Å². The van der Waals surface area contributed by atoms with E-state index in [1.54, 1.807) is 19.1 Å². The molecule has 2 aliphatic rings. The lowest BCUT2D eigenvalue weighted by atomic mass is 9.84. The molecule has 0 aromatic heterocycles. The van der Waals surface area contributed by atoms with E-state index in [0.29, 0.717) is 5.92 Å². The summed E-state index contributed by atoms with van der Waals surface area (Å²) in [5.74, 6) is 0.688. The van der Waals surface area contributed by atoms with Gasteiger partial charge in [-0.1, -0.05) is 31.4 Å². The summed E-state index contributed by atoms with van der Waals surface area (Å²) in [5.41, 5.74) is 0.231. The Hall–Kier alpha value is -1.38. The van der Waals surface area contributed by atoms with Crippen molar-refractivity contribution in [3.05, 3.63) is 29.8 Å². The minimum absolute atomic E-state index is 0.129. The van der Waals surface area contributed by atoms with Gasteiger partial charge in [0.25, 0.3) is 0 Å². The van der Waals surface area contributed by atoms with Crippen LogP contribution in [0.2, 0.25) is 0 Å². The third kappa shape index (κ3) is 3.59. The fraction of sp³-hybridized carbons (Fsp3) is 0.611. The zero-order valence-electron chi connectivity index (χ0n) is 13.6. The number of nitrogens with zero attached hydrogens (tertiary/aromatic N) is 1. The minimum atomic E-state index is -3.66. The summed E-state index contributed by atoms with van der Waals surface area (Å²) < 4.78 is 27.7. The summed E-state index contributed by atoms with van der Waals surface area (Å²) >= 11 is 0. The zero-order valence-corrected chi connectivity index (χ0v) is 14.4. The monoisotopic (exact) mass is 332 g/mol. The first-order valence-corrected chi connectivity index (χ1v) is 9.98. The lowest BCUT2D eigenvalue weighted by Gasteiger charge is -2.24. The second-order valence-electron chi connectivity index (χ2n) is 7.10. The number of nitrogens with one attached hydrogen (secondary N) is 1. The summed E-state index contributed by atoms with van der Waals surface area (Å²) in [5, 5.41) is 9.34. The van der Waals surface area contributed by atoms with Crippen LogP contribution in [0.25, 0.3) is 0 Å². The Morgan fingerprint density at radius 2 is 1.70 bits per heavy atom. The molecule has 23 heavy (non-hydrogen) atoms. The molecule has 1 aromatic rings. The van der Waals surface area contributed by atoms with Crippen LogP contribution in [0, 0.1) is 17.2 Å². The number of nitriles is 1. The molecule has 2 aliphatic carbocycles. The van der Waals surface area contributed by atoms with Gasteiger partial charge in [-0.25, -0.2) is 8.42 Å². The Balaban J connectivity index is 1.76. The van der Waals surface area contributed by atoms with E-state index < -0.39 is 15.6 Å². The van der Waals surface area contributed by atoms with Gasteiger partial charge in [-0.05, 0) is 62.1 Å². The zero-order chi connectivity index (χ0) is 16.5. The second kappa shape index (κ2) is 6.26. The largest absolute Gasteiger partial charge is 0.241 e. The van der Waals surface area contributed by atoms with Crippen molar-refractivity contribution in [1.29, 1.82) is 5.26 Å². The summed E-state index contributed by atoms with van der Waals surface area (Å²) in [7, 11) is -3.66. The molecular formula is C18H24N2O2S. The first-order chi connectivity index (χ1) is 10.9. The third-order valence-electron chi connectivity index (χ3n) is 5.24. The maximum atomic E-state index is 12.6. The Morgan fingerprint density at radius 1 is 1.09 bits per heavy atom. The van der Waals surface area contributed by atoms with Crippen LogP contribution in [0.15, 0.2) is 29.2 Å². The van der Waals surface area contributed by atoms with Gasteiger partial charge in [0.15, 0.2) is 0 Å². The van der Waals surface area contributed by atoms with E-state index in [1.165, 1.54) is 37.7 Å². The van der Waals surface area contributed by atoms with E-state index in [-0.39, 0.29) is 10.8 Å². The average molecular weight is 332 g/mol. The Morgan fingerprint density at radius 3 is 2.22 bits per heavy atom. The van der Waals surface area contributed by atoms with Crippen LogP contribution in [-0.2, 0) is 10.0 Å². The molecule has 1 aromatic carbocycles. The van der Waals surface area contributed by atoms with Crippen molar-refractivity contribution in [1.82, 2.24) is 4.72 Å². The summed E-state index contributed by atoms with van der Waals surface area (Å²) in [6.07, 6.45) is 8.03. The number of rotatable bonds is 5. The number of hydrogen-bond donors (Lipinski definition) is 1. The van der Waals surface area contributed by atoms with Crippen LogP contribution in [-0.4, -0.2) is 14.0 Å². The molecule has 124 valence electrons. The molecule has 0 bridgehead atoms. The highest BCUT2D eigenvalue weighted by Gasteiger charge is 2.44. The molecule has 2 saturated carbocycles. The molecule has 0 aliphatic heterocycles. The summed E-state index contributed by atoms with van der Waals surface area (Å²) in [6, 6.07) is 9.37. The normalized spacial score (nSPS) is 22.3. The molecule has 0 heterocycles. The highest BCUT2D eigenvalue weighted by Crippen LogP contribution is 2.40. The van der Waals surface area contributed by atoms with Crippen molar-refractivity contribution in [3.8, 4) is 6.07 Å². The second-order valence-corrected chi connectivity index (χ2v) is 8.78. The van der Waals surface area contributed by atoms with Crippen LogP contribution in [0.3, 0.4) is 0 Å². The molecule has 0 saturated heterocycles. The van der Waals surface area contributed by atoms with Crippen molar-refractivity contribution in [2.75, 3.05) is 0 Å². The van der Waals surface area contributed by atoms with Gasteiger partial charge >= 0.3 is 0 Å². The van der Waals surface area contributed by atoms with Crippen molar-refractivity contribution in [2.24, 2.45) is 5.92 Å². The Bertz CT molecular complexity index is 696. The van der Waals surface area contributed by atoms with Crippen molar-refractivity contribution < 1.29 is 8.42 Å². The fourth-order valence-corrected chi connectivity index (χ4v) is 4.93. The lowest BCUT2D eigenvalue weighted by molar-refractivity contribution is 0.443. The highest BCUT2D eigenvalue weighted by atomic mass is 32.2. The van der Waals surface area contributed by atoms with E-state index in [1.807, 2.05) is 12.1 Å². The predicted molar refractivity (Wildman–Crippen MR) is 89.3 cm³/mol. The molecular weight excluding hydrogens is 308 g/mol.